The molecule has 0 aliphatic carbocycles. The van der Waals surface area contributed by atoms with Crippen LogP contribution in [0.2, 0.25) is 0 Å². The van der Waals surface area contributed by atoms with Crippen LogP contribution in [0.5, 0.6) is 17.2 Å². The maximum atomic E-state index is 12.8. The van der Waals surface area contributed by atoms with Crippen LogP contribution in [0.15, 0.2) is 78.9 Å². The summed E-state index contributed by atoms with van der Waals surface area (Å²) in [6, 6.07) is 22.8. The highest BCUT2D eigenvalue weighted by atomic mass is 32.2. The van der Waals surface area contributed by atoms with Crippen LogP contribution in [0, 0.1) is 0 Å². The number of carbonyl (C=O) groups excluding carboxylic acids is 1. The Hall–Kier alpha value is -3.32. The number of rotatable bonds is 5. The second-order valence-electron chi connectivity index (χ2n) is 6.61. The first-order chi connectivity index (χ1) is 14.0. The molecule has 148 valence electrons. The number of amides is 1. The number of carbonyl (C=O) groups is 1. The lowest BCUT2D eigenvalue weighted by atomic mass is 10.1. The lowest BCUT2D eigenvalue weighted by Crippen LogP contribution is -2.29. The molecule has 3 aromatic carbocycles. The number of nitrogens with zero attached hydrogens (tertiary/aromatic N) is 1. The van der Waals surface area contributed by atoms with Crippen molar-refractivity contribution in [2.45, 2.75) is 5.37 Å². The van der Waals surface area contributed by atoms with Gasteiger partial charge in [-0.15, -0.1) is 0 Å². The normalized spacial score (nSPS) is 17.9. The van der Waals surface area contributed by atoms with E-state index in [-0.39, 0.29) is 0 Å². The highest BCUT2D eigenvalue weighted by Gasteiger charge is 2.45. The predicted molar refractivity (Wildman–Crippen MR) is 110 cm³/mol. The van der Waals surface area contributed by atoms with Crippen LogP contribution in [0.25, 0.3) is 0 Å². The molecule has 0 bridgehead atoms. The molecule has 1 atom stereocenters. The molecule has 1 amide bonds. The first-order valence-electron chi connectivity index (χ1n) is 8.98. The van der Waals surface area contributed by atoms with Crippen molar-refractivity contribution in [3.8, 4) is 17.2 Å². The lowest BCUT2D eigenvalue weighted by molar-refractivity contribution is -0.115. The van der Waals surface area contributed by atoms with Crippen LogP contribution in [-0.2, 0) is 14.6 Å². The summed E-state index contributed by atoms with van der Waals surface area (Å²) >= 11 is 0. The maximum Gasteiger partial charge on any atom is 0.243 e. The number of sulfone groups is 1. The van der Waals surface area contributed by atoms with Crippen molar-refractivity contribution in [3.63, 3.8) is 0 Å². The predicted octanol–water partition coefficient (Wildman–Crippen LogP) is 3.95. The lowest BCUT2D eigenvalue weighted by Gasteiger charge is -2.24. The van der Waals surface area contributed by atoms with Crippen molar-refractivity contribution in [2.24, 2.45) is 0 Å². The average molecular weight is 409 g/mol. The van der Waals surface area contributed by atoms with Gasteiger partial charge in [-0.3, -0.25) is 9.69 Å². The van der Waals surface area contributed by atoms with Crippen LogP contribution >= 0.6 is 0 Å². The number of para-hydroxylation sites is 1. The Kier molecular flexibility index (Phi) is 4.98. The molecule has 1 aliphatic heterocycles. The average Bonchev–Trinajstić information content (AvgIpc) is 2.97. The first-order valence-corrected chi connectivity index (χ1v) is 10.7. The standard InChI is InChI=1S/C22H19NO5S/c1-27-20-9-5-6-17(14-20)23-21(24)15-29(25,26)22(23)16-10-12-19(13-11-16)28-18-7-3-2-4-8-18/h2-14,22H,15H2,1H3/t22-/m0/s1. The van der Waals surface area contributed by atoms with Gasteiger partial charge >= 0.3 is 0 Å². The van der Waals surface area contributed by atoms with E-state index in [4.69, 9.17) is 9.47 Å². The summed E-state index contributed by atoms with van der Waals surface area (Å²) in [7, 11) is -2.16. The van der Waals surface area contributed by atoms with Crippen LogP contribution in [-0.4, -0.2) is 27.2 Å². The van der Waals surface area contributed by atoms with E-state index in [1.54, 1.807) is 48.5 Å². The zero-order chi connectivity index (χ0) is 20.4. The van der Waals surface area contributed by atoms with E-state index >= 15 is 0 Å². The third kappa shape index (κ3) is 3.82. The summed E-state index contributed by atoms with van der Waals surface area (Å²) in [6.45, 7) is 0. The molecular formula is C22H19NO5S. The van der Waals surface area contributed by atoms with Crippen molar-refractivity contribution in [1.29, 1.82) is 0 Å². The van der Waals surface area contributed by atoms with Gasteiger partial charge in [0.15, 0.2) is 15.2 Å². The highest BCUT2D eigenvalue weighted by molar-refractivity contribution is 7.93. The molecule has 0 N–H and O–H groups in total. The van der Waals surface area contributed by atoms with Crippen molar-refractivity contribution in [2.75, 3.05) is 17.8 Å². The van der Waals surface area contributed by atoms with Gasteiger partial charge in [-0.1, -0.05) is 36.4 Å². The Morgan fingerprint density at radius 3 is 2.21 bits per heavy atom. The Balaban J connectivity index is 1.67. The molecule has 29 heavy (non-hydrogen) atoms. The van der Waals surface area contributed by atoms with E-state index in [0.717, 1.165) is 0 Å². The van der Waals surface area contributed by atoms with Gasteiger partial charge in [0.2, 0.25) is 5.91 Å². The Morgan fingerprint density at radius 1 is 0.862 bits per heavy atom. The van der Waals surface area contributed by atoms with Gasteiger partial charge in [0, 0.05) is 11.8 Å². The van der Waals surface area contributed by atoms with Gasteiger partial charge in [0.1, 0.15) is 23.0 Å². The topological polar surface area (TPSA) is 72.9 Å². The minimum atomic E-state index is -3.68. The number of methoxy groups -OCH3 is 1. The monoisotopic (exact) mass is 409 g/mol. The third-order valence-electron chi connectivity index (χ3n) is 4.64. The summed E-state index contributed by atoms with van der Waals surface area (Å²) < 4.78 is 36.5. The van der Waals surface area contributed by atoms with Crippen LogP contribution in [0.4, 0.5) is 5.69 Å². The molecule has 1 heterocycles. The van der Waals surface area contributed by atoms with Crippen LogP contribution < -0.4 is 14.4 Å². The van der Waals surface area contributed by atoms with E-state index < -0.39 is 26.9 Å². The molecule has 1 fully saturated rings. The van der Waals surface area contributed by atoms with E-state index in [0.29, 0.717) is 28.5 Å². The molecule has 0 spiro atoms. The van der Waals surface area contributed by atoms with Gasteiger partial charge in [0.25, 0.3) is 0 Å². The summed E-state index contributed by atoms with van der Waals surface area (Å²) in [6.07, 6.45) is 0. The molecule has 3 aromatic rings. The van der Waals surface area contributed by atoms with E-state index in [2.05, 4.69) is 0 Å². The molecule has 1 saturated heterocycles. The van der Waals surface area contributed by atoms with Gasteiger partial charge in [-0.2, -0.15) is 0 Å². The Morgan fingerprint density at radius 2 is 1.52 bits per heavy atom. The molecule has 0 unspecified atom stereocenters. The molecule has 0 aromatic heterocycles. The van der Waals surface area contributed by atoms with Crippen molar-refractivity contribution < 1.29 is 22.7 Å². The maximum absolute atomic E-state index is 12.8. The minimum absolute atomic E-state index is 0.465. The van der Waals surface area contributed by atoms with E-state index in [1.165, 1.54) is 12.0 Å². The number of benzene rings is 3. The van der Waals surface area contributed by atoms with Crippen molar-refractivity contribution in [3.05, 3.63) is 84.4 Å². The minimum Gasteiger partial charge on any atom is -0.497 e. The number of anilines is 1. The van der Waals surface area contributed by atoms with Gasteiger partial charge in [-0.05, 0) is 42.0 Å². The fourth-order valence-electron chi connectivity index (χ4n) is 3.33. The summed E-state index contributed by atoms with van der Waals surface area (Å²) in [5.74, 6) is 0.811. The first kappa shape index (κ1) is 19.0. The second kappa shape index (κ2) is 7.60. The number of ether oxygens (including phenoxy) is 2. The van der Waals surface area contributed by atoms with Crippen LogP contribution in [0.3, 0.4) is 0 Å². The van der Waals surface area contributed by atoms with Crippen molar-refractivity contribution >= 4 is 21.4 Å². The molecule has 6 nitrogen and oxygen atoms in total. The van der Waals surface area contributed by atoms with E-state index in [9.17, 15) is 13.2 Å². The zero-order valence-electron chi connectivity index (χ0n) is 15.7. The summed E-state index contributed by atoms with van der Waals surface area (Å²) in [5, 5.41) is -1.09. The molecule has 7 heteroatoms. The van der Waals surface area contributed by atoms with Crippen LogP contribution in [0.1, 0.15) is 10.9 Å². The smallest absolute Gasteiger partial charge is 0.243 e. The number of hydrogen-bond acceptors (Lipinski definition) is 5. The summed E-state index contributed by atoms with van der Waals surface area (Å²) in [5.41, 5.74) is 0.976. The largest absolute Gasteiger partial charge is 0.497 e. The van der Waals surface area contributed by atoms with Gasteiger partial charge in [0.05, 0.1) is 7.11 Å². The fraction of sp³-hybridized carbons (Fsp3) is 0.136. The molecule has 1 aliphatic rings. The fourth-order valence-corrected chi connectivity index (χ4v) is 5.11. The van der Waals surface area contributed by atoms with Gasteiger partial charge in [-0.25, -0.2) is 8.42 Å². The third-order valence-corrected chi connectivity index (χ3v) is 6.46. The van der Waals surface area contributed by atoms with Crippen molar-refractivity contribution in [1.82, 2.24) is 0 Å². The van der Waals surface area contributed by atoms with Gasteiger partial charge < -0.3 is 9.47 Å². The van der Waals surface area contributed by atoms with E-state index in [1.807, 2.05) is 30.3 Å². The SMILES string of the molecule is COc1cccc(N2C(=O)CS(=O)(=O)[C@H]2c2ccc(Oc3ccccc3)cc2)c1. The summed E-state index contributed by atoms with van der Waals surface area (Å²) in [4.78, 5) is 13.9. The highest BCUT2D eigenvalue weighted by Crippen LogP contribution is 2.39. The Bertz CT molecular complexity index is 1130. The molecule has 4 rings (SSSR count). The molecular weight excluding hydrogens is 390 g/mol. The number of hydrogen-bond donors (Lipinski definition) is 0. The molecule has 0 saturated carbocycles. The zero-order valence-corrected chi connectivity index (χ0v) is 16.5. The second-order valence-corrected chi connectivity index (χ2v) is 8.67. The molecule has 0 radical (unpaired) electrons. The quantitative estimate of drug-likeness (QED) is 0.638. The Labute approximate surface area is 169 Å².